The highest BCUT2D eigenvalue weighted by Gasteiger charge is 2.48. The van der Waals surface area contributed by atoms with Crippen molar-refractivity contribution in [2.24, 2.45) is 0 Å². The van der Waals surface area contributed by atoms with Crippen LogP contribution in [-0.2, 0) is 9.13 Å². The molecule has 0 saturated carbocycles. The Bertz CT molecular complexity index is 322. The number of aliphatic hydroxyl groups excluding tert-OH is 1. The summed E-state index contributed by atoms with van der Waals surface area (Å²) in [5.74, 6) is 0. The van der Waals surface area contributed by atoms with Crippen LogP contribution in [0.2, 0.25) is 0 Å². The molecule has 17 heavy (non-hydrogen) atoms. The molecule has 0 aromatic heterocycles. The molecule has 5 N–H and O–H groups in total. The van der Waals surface area contributed by atoms with E-state index in [-0.39, 0.29) is 6.54 Å². The lowest BCUT2D eigenvalue weighted by Crippen LogP contribution is -2.37. The molecule has 8 nitrogen and oxygen atoms in total. The van der Waals surface area contributed by atoms with E-state index in [4.69, 9.17) is 19.6 Å². The van der Waals surface area contributed by atoms with E-state index in [1.54, 1.807) is 4.90 Å². The molecule has 1 aliphatic heterocycles. The van der Waals surface area contributed by atoms with Crippen molar-refractivity contribution >= 4 is 15.2 Å². The van der Waals surface area contributed by atoms with Gasteiger partial charge in [0, 0.05) is 6.54 Å². The topological polar surface area (TPSA) is 139 Å². The Balaban J connectivity index is 2.76. The minimum absolute atomic E-state index is 0.138. The van der Waals surface area contributed by atoms with Crippen LogP contribution < -0.4 is 0 Å². The van der Waals surface area contributed by atoms with Crippen molar-refractivity contribution in [3.8, 4) is 0 Å². The van der Waals surface area contributed by atoms with Gasteiger partial charge in [0.2, 0.25) is 0 Å². The van der Waals surface area contributed by atoms with Gasteiger partial charge in [-0.05, 0) is 25.9 Å². The smallest absolute Gasteiger partial charge is 0.343 e. The third-order valence-corrected chi connectivity index (χ3v) is 6.55. The molecule has 1 rings (SSSR count). The van der Waals surface area contributed by atoms with E-state index in [0.717, 1.165) is 12.8 Å². The molecule has 10 heteroatoms. The molecule has 0 bridgehead atoms. The summed E-state index contributed by atoms with van der Waals surface area (Å²) in [6, 6.07) is 0. The molecule has 0 radical (unpaired) electrons. The quantitative estimate of drug-likeness (QED) is 0.411. The van der Waals surface area contributed by atoms with Crippen molar-refractivity contribution in [1.29, 1.82) is 0 Å². The van der Waals surface area contributed by atoms with Gasteiger partial charge in [-0.25, -0.2) is 0 Å². The van der Waals surface area contributed by atoms with E-state index >= 15 is 0 Å². The molecule has 1 unspecified atom stereocenters. The first-order valence-electron chi connectivity index (χ1n) is 5.13. The maximum Gasteiger partial charge on any atom is 0.343 e. The molecule has 1 atom stereocenters. The number of hydrogen-bond donors (Lipinski definition) is 5. The van der Waals surface area contributed by atoms with Crippen molar-refractivity contribution in [3.63, 3.8) is 0 Å². The van der Waals surface area contributed by atoms with Gasteiger partial charge in [0.15, 0.2) is 5.40 Å². The fraction of sp³-hybridized carbons (Fsp3) is 1.00. The first kappa shape index (κ1) is 15.3. The minimum Gasteiger partial charge on any atom is -0.390 e. The van der Waals surface area contributed by atoms with E-state index in [9.17, 15) is 14.2 Å². The highest BCUT2D eigenvalue weighted by atomic mass is 31.2. The number of β-amino-alcohol motifs (C(OH)–C–C–N with tert-alkyl or cyclic N) is 1. The zero-order valence-corrected chi connectivity index (χ0v) is 10.9. The van der Waals surface area contributed by atoms with E-state index in [1.807, 2.05) is 0 Å². The first-order valence-corrected chi connectivity index (χ1v) is 8.49. The van der Waals surface area contributed by atoms with E-state index in [0.29, 0.717) is 13.1 Å². The Morgan fingerprint density at radius 1 is 1.00 bits per heavy atom. The molecule has 0 aromatic carbocycles. The van der Waals surface area contributed by atoms with Gasteiger partial charge in [-0.2, -0.15) is 0 Å². The lowest BCUT2D eigenvalue weighted by atomic mass is 10.4. The van der Waals surface area contributed by atoms with Crippen molar-refractivity contribution < 1.29 is 33.8 Å². The molecule has 0 aromatic rings. The summed E-state index contributed by atoms with van der Waals surface area (Å²) in [5.41, 5.74) is 0. The monoisotopic (exact) mass is 289 g/mol. The summed E-state index contributed by atoms with van der Waals surface area (Å²) in [6.07, 6.45) is 0.0710. The third-order valence-electron chi connectivity index (χ3n) is 2.68. The Morgan fingerprint density at radius 3 is 1.76 bits per heavy atom. The summed E-state index contributed by atoms with van der Waals surface area (Å²) in [7, 11) is -10.1. The first-order chi connectivity index (χ1) is 7.62. The summed E-state index contributed by atoms with van der Waals surface area (Å²) in [5, 5.41) is 7.28. The normalized spacial score (nSPS) is 21.1. The average molecular weight is 289 g/mol. The van der Waals surface area contributed by atoms with Crippen molar-refractivity contribution in [2.75, 3.05) is 19.6 Å². The van der Waals surface area contributed by atoms with E-state index < -0.39 is 26.7 Å². The van der Waals surface area contributed by atoms with Crippen molar-refractivity contribution in [2.45, 2.75) is 24.3 Å². The van der Waals surface area contributed by atoms with Gasteiger partial charge in [0.05, 0.1) is 6.10 Å². The fourth-order valence-corrected chi connectivity index (χ4v) is 4.62. The largest absolute Gasteiger partial charge is 0.390 e. The predicted molar refractivity (Wildman–Crippen MR) is 59.6 cm³/mol. The van der Waals surface area contributed by atoms with Gasteiger partial charge in [-0.1, -0.05) is 0 Å². The molecule has 102 valence electrons. The zero-order valence-electron chi connectivity index (χ0n) is 9.08. The number of rotatable bonds is 5. The van der Waals surface area contributed by atoms with Crippen LogP contribution in [-0.4, -0.2) is 60.7 Å². The van der Waals surface area contributed by atoms with Crippen LogP contribution in [0.3, 0.4) is 0 Å². The molecular weight excluding hydrogens is 272 g/mol. The second-order valence-electron chi connectivity index (χ2n) is 4.17. The molecule has 0 aliphatic carbocycles. The van der Waals surface area contributed by atoms with E-state index in [1.165, 1.54) is 0 Å². The highest BCUT2D eigenvalue weighted by molar-refractivity contribution is 7.71. The van der Waals surface area contributed by atoms with Crippen LogP contribution in [0.15, 0.2) is 0 Å². The van der Waals surface area contributed by atoms with Crippen molar-refractivity contribution in [3.05, 3.63) is 0 Å². The molecule has 1 saturated heterocycles. The van der Waals surface area contributed by atoms with Gasteiger partial charge in [0.1, 0.15) is 0 Å². The Kier molecular flexibility index (Phi) is 4.91. The average Bonchev–Trinajstić information content (AvgIpc) is 2.49. The number of likely N-dealkylation sites (tertiary alicyclic amines) is 1. The lowest BCUT2D eigenvalue weighted by molar-refractivity contribution is 0.122. The Morgan fingerprint density at radius 2 is 1.41 bits per heavy atom. The predicted octanol–water partition coefficient (Wildman–Crippen LogP) is -0.875. The van der Waals surface area contributed by atoms with Gasteiger partial charge >= 0.3 is 15.2 Å². The van der Waals surface area contributed by atoms with Gasteiger partial charge in [0.25, 0.3) is 0 Å². The summed E-state index contributed by atoms with van der Waals surface area (Å²) < 4.78 is 22.0. The maximum atomic E-state index is 11.0. The third kappa shape index (κ3) is 4.43. The summed E-state index contributed by atoms with van der Waals surface area (Å²) in [4.78, 5) is 37.3. The molecule has 1 heterocycles. The van der Waals surface area contributed by atoms with Crippen LogP contribution >= 0.6 is 15.2 Å². The second-order valence-corrected chi connectivity index (χ2v) is 8.04. The lowest BCUT2D eigenvalue weighted by Gasteiger charge is -2.27. The molecule has 1 fully saturated rings. The molecule has 0 amide bonds. The van der Waals surface area contributed by atoms with Gasteiger partial charge in [-0.3, -0.25) is 9.13 Å². The van der Waals surface area contributed by atoms with Crippen LogP contribution in [0.5, 0.6) is 0 Å². The number of nitrogens with zero attached hydrogens (tertiary/aromatic N) is 1. The van der Waals surface area contributed by atoms with Crippen LogP contribution in [0, 0.1) is 0 Å². The number of aliphatic hydroxyl groups is 1. The van der Waals surface area contributed by atoms with Crippen molar-refractivity contribution in [1.82, 2.24) is 4.90 Å². The molecular formula is C7H17NO7P2. The molecule has 0 spiro atoms. The fourth-order valence-electron chi connectivity index (χ4n) is 1.97. The van der Waals surface area contributed by atoms with Crippen LogP contribution in [0.25, 0.3) is 0 Å². The van der Waals surface area contributed by atoms with E-state index in [2.05, 4.69) is 0 Å². The number of hydrogen-bond acceptors (Lipinski definition) is 4. The van der Waals surface area contributed by atoms with Gasteiger partial charge < -0.3 is 29.6 Å². The van der Waals surface area contributed by atoms with Crippen LogP contribution in [0.1, 0.15) is 12.8 Å². The van der Waals surface area contributed by atoms with Crippen LogP contribution in [0.4, 0.5) is 0 Å². The Labute approximate surface area is 98.6 Å². The summed E-state index contributed by atoms with van der Waals surface area (Å²) >= 11 is 0. The Hall–Kier alpha value is 0.220. The van der Waals surface area contributed by atoms with Gasteiger partial charge in [-0.15, -0.1) is 0 Å². The summed E-state index contributed by atoms with van der Waals surface area (Å²) in [6.45, 7) is 1.18. The SMILES string of the molecule is O=P(O)(O)C(C(O)CN1CCCC1)P(=O)(O)O. The zero-order chi connectivity index (χ0) is 13.3. The highest BCUT2D eigenvalue weighted by Crippen LogP contribution is 2.61. The second kappa shape index (κ2) is 5.47. The standard InChI is InChI=1S/C7H17NO7P2/c9-6(5-8-3-1-2-4-8)7(16(10,11)12)17(13,14)15/h6-7,9H,1-5H2,(H2,10,11,12)(H2,13,14,15). The molecule has 1 aliphatic rings. The minimum atomic E-state index is -5.05. The maximum absolute atomic E-state index is 11.0.